The first-order valence-electron chi connectivity index (χ1n) is 7.65. The summed E-state index contributed by atoms with van der Waals surface area (Å²) >= 11 is 0. The molecule has 0 aromatic heterocycles. The number of hydrogen-bond donors (Lipinski definition) is 1. The van der Waals surface area contributed by atoms with Crippen LogP contribution in [0.15, 0.2) is 0 Å². The van der Waals surface area contributed by atoms with Gasteiger partial charge in [-0.25, -0.2) is 0 Å². The molecule has 3 heterocycles. The Labute approximate surface area is 112 Å². The summed E-state index contributed by atoms with van der Waals surface area (Å²) in [7, 11) is 0. The first kappa shape index (κ1) is 12.9. The van der Waals surface area contributed by atoms with Gasteiger partial charge >= 0.3 is 0 Å². The lowest BCUT2D eigenvalue weighted by Crippen LogP contribution is -2.61. The summed E-state index contributed by atoms with van der Waals surface area (Å²) in [5.74, 6) is 0.929. The zero-order valence-electron chi connectivity index (χ0n) is 12.3. The van der Waals surface area contributed by atoms with Gasteiger partial charge in [0.25, 0.3) is 0 Å². The summed E-state index contributed by atoms with van der Waals surface area (Å²) in [6.07, 6.45) is 2.85. The van der Waals surface area contributed by atoms with Gasteiger partial charge in [0.2, 0.25) is 0 Å². The Morgan fingerprint density at radius 3 is 2.17 bits per heavy atom. The van der Waals surface area contributed by atoms with Crippen LogP contribution in [-0.4, -0.2) is 61.2 Å². The highest BCUT2D eigenvalue weighted by molar-refractivity contribution is 4.97. The molecule has 104 valence electrons. The molecule has 0 aromatic carbocycles. The van der Waals surface area contributed by atoms with Crippen molar-refractivity contribution in [3.05, 3.63) is 0 Å². The van der Waals surface area contributed by atoms with Crippen molar-refractivity contribution in [3.8, 4) is 0 Å². The third-order valence-electron chi connectivity index (χ3n) is 5.34. The van der Waals surface area contributed by atoms with Crippen LogP contribution in [-0.2, 0) is 0 Å². The van der Waals surface area contributed by atoms with Gasteiger partial charge in [-0.05, 0) is 58.0 Å². The standard InChI is InChI=1S/C15H29N3/c1-14(2,3)18-9-13(10-18)8-17-6-4-15(5-7-17)11-16-12-15/h13,16H,4-12H2,1-3H3. The van der Waals surface area contributed by atoms with Crippen LogP contribution in [0.25, 0.3) is 0 Å². The van der Waals surface area contributed by atoms with Crippen molar-refractivity contribution in [2.75, 3.05) is 45.8 Å². The fraction of sp³-hybridized carbons (Fsp3) is 1.00. The maximum absolute atomic E-state index is 3.45. The van der Waals surface area contributed by atoms with Crippen molar-refractivity contribution >= 4 is 0 Å². The van der Waals surface area contributed by atoms with Gasteiger partial charge in [-0.3, -0.25) is 4.90 Å². The van der Waals surface area contributed by atoms with Gasteiger partial charge < -0.3 is 10.2 Å². The predicted octanol–water partition coefficient (Wildman–Crippen LogP) is 1.40. The third kappa shape index (κ3) is 2.45. The van der Waals surface area contributed by atoms with E-state index in [4.69, 9.17) is 0 Å². The Balaban J connectivity index is 1.38. The minimum absolute atomic E-state index is 0.375. The van der Waals surface area contributed by atoms with Gasteiger partial charge in [0, 0.05) is 38.3 Å². The molecule has 1 spiro atoms. The van der Waals surface area contributed by atoms with Crippen LogP contribution in [0.5, 0.6) is 0 Å². The first-order valence-corrected chi connectivity index (χ1v) is 7.65. The molecule has 3 saturated heterocycles. The molecule has 3 aliphatic rings. The van der Waals surface area contributed by atoms with Crippen molar-refractivity contribution in [1.29, 1.82) is 0 Å². The van der Waals surface area contributed by atoms with Crippen LogP contribution in [0.4, 0.5) is 0 Å². The fourth-order valence-electron chi connectivity index (χ4n) is 3.64. The normalized spacial score (nSPS) is 30.2. The van der Waals surface area contributed by atoms with E-state index in [1.165, 1.54) is 58.7 Å². The molecule has 0 aromatic rings. The van der Waals surface area contributed by atoms with Crippen LogP contribution in [0.3, 0.4) is 0 Å². The average Bonchev–Trinajstić information content (AvgIpc) is 2.20. The second-order valence-electron chi connectivity index (χ2n) is 7.85. The summed E-state index contributed by atoms with van der Waals surface area (Å²) < 4.78 is 0. The molecular weight excluding hydrogens is 222 g/mol. The van der Waals surface area contributed by atoms with Crippen molar-refractivity contribution in [2.45, 2.75) is 39.2 Å². The van der Waals surface area contributed by atoms with E-state index >= 15 is 0 Å². The molecule has 3 heteroatoms. The number of rotatable bonds is 2. The van der Waals surface area contributed by atoms with Crippen molar-refractivity contribution in [3.63, 3.8) is 0 Å². The van der Waals surface area contributed by atoms with Crippen molar-refractivity contribution in [1.82, 2.24) is 15.1 Å². The van der Waals surface area contributed by atoms with E-state index in [1.54, 1.807) is 0 Å². The highest BCUT2D eigenvalue weighted by Crippen LogP contribution is 2.35. The van der Waals surface area contributed by atoms with E-state index in [2.05, 4.69) is 35.9 Å². The molecule has 18 heavy (non-hydrogen) atoms. The van der Waals surface area contributed by atoms with E-state index in [0.717, 1.165) is 5.92 Å². The van der Waals surface area contributed by atoms with Gasteiger partial charge in [0.15, 0.2) is 0 Å². The maximum Gasteiger partial charge on any atom is 0.0125 e. The number of piperidine rings is 1. The molecule has 0 saturated carbocycles. The third-order valence-corrected chi connectivity index (χ3v) is 5.34. The number of nitrogens with zero attached hydrogens (tertiary/aromatic N) is 2. The Morgan fingerprint density at radius 2 is 1.72 bits per heavy atom. The molecule has 0 bridgehead atoms. The molecule has 0 aliphatic carbocycles. The summed E-state index contributed by atoms with van der Waals surface area (Å²) in [5.41, 5.74) is 1.08. The van der Waals surface area contributed by atoms with Gasteiger partial charge in [0.05, 0.1) is 0 Å². The number of hydrogen-bond acceptors (Lipinski definition) is 3. The number of likely N-dealkylation sites (tertiary alicyclic amines) is 2. The van der Waals surface area contributed by atoms with Gasteiger partial charge in [-0.2, -0.15) is 0 Å². The molecular formula is C15H29N3. The highest BCUT2D eigenvalue weighted by Gasteiger charge is 2.41. The zero-order chi connectivity index (χ0) is 12.8. The smallest absolute Gasteiger partial charge is 0.0125 e. The van der Waals surface area contributed by atoms with Crippen LogP contribution in [0.2, 0.25) is 0 Å². The molecule has 0 amide bonds. The van der Waals surface area contributed by atoms with Crippen LogP contribution < -0.4 is 5.32 Å². The molecule has 0 radical (unpaired) electrons. The van der Waals surface area contributed by atoms with Crippen molar-refractivity contribution in [2.24, 2.45) is 11.3 Å². The summed E-state index contributed by atoms with van der Waals surface area (Å²) in [6, 6.07) is 0. The molecule has 3 aliphatic heterocycles. The molecule has 0 unspecified atom stereocenters. The minimum atomic E-state index is 0.375. The molecule has 3 fully saturated rings. The predicted molar refractivity (Wildman–Crippen MR) is 75.8 cm³/mol. The van der Waals surface area contributed by atoms with Gasteiger partial charge in [-0.1, -0.05) is 0 Å². The van der Waals surface area contributed by atoms with Gasteiger partial charge in [0.1, 0.15) is 0 Å². The molecule has 3 nitrogen and oxygen atoms in total. The first-order chi connectivity index (χ1) is 8.47. The Kier molecular flexibility index (Phi) is 3.20. The van der Waals surface area contributed by atoms with Crippen LogP contribution in [0, 0.1) is 11.3 Å². The summed E-state index contributed by atoms with van der Waals surface area (Å²) in [6.45, 7) is 16.2. The summed E-state index contributed by atoms with van der Waals surface area (Å²) in [4.78, 5) is 5.33. The summed E-state index contributed by atoms with van der Waals surface area (Å²) in [5, 5.41) is 3.45. The highest BCUT2D eigenvalue weighted by atomic mass is 15.3. The van der Waals surface area contributed by atoms with E-state index in [1.807, 2.05) is 0 Å². The van der Waals surface area contributed by atoms with E-state index in [9.17, 15) is 0 Å². The second-order valence-corrected chi connectivity index (χ2v) is 7.85. The van der Waals surface area contributed by atoms with E-state index in [-0.39, 0.29) is 0 Å². The Bertz CT molecular complexity index is 287. The van der Waals surface area contributed by atoms with Crippen LogP contribution >= 0.6 is 0 Å². The maximum atomic E-state index is 3.45. The molecule has 0 atom stereocenters. The quantitative estimate of drug-likeness (QED) is 0.800. The minimum Gasteiger partial charge on any atom is -0.316 e. The molecule has 1 N–H and O–H groups in total. The Hall–Kier alpha value is -0.120. The lowest BCUT2D eigenvalue weighted by atomic mass is 9.73. The van der Waals surface area contributed by atoms with Gasteiger partial charge in [-0.15, -0.1) is 0 Å². The largest absolute Gasteiger partial charge is 0.316 e. The van der Waals surface area contributed by atoms with E-state index in [0.29, 0.717) is 11.0 Å². The lowest BCUT2D eigenvalue weighted by molar-refractivity contribution is -0.0175. The fourth-order valence-corrected chi connectivity index (χ4v) is 3.64. The lowest BCUT2D eigenvalue weighted by Gasteiger charge is -2.52. The second kappa shape index (κ2) is 4.46. The zero-order valence-corrected chi connectivity index (χ0v) is 12.3. The molecule has 3 rings (SSSR count). The number of nitrogens with one attached hydrogen (secondary N) is 1. The Morgan fingerprint density at radius 1 is 1.11 bits per heavy atom. The average molecular weight is 251 g/mol. The van der Waals surface area contributed by atoms with Crippen LogP contribution in [0.1, 0.15) is 33.6 Å². The topological polar surface area (TPSA) is 18.5 Å². The SMILES string of the molecule is CC(C)(C)N1CC(CN2CCC3(CC2)CNC3)C1. The monoisotopic (exact) mass is 251 g/mol. The van der Waals surface area contributed by atoms with Crippen molar-refractivity contribution < 1.29 is 0 Å². The van der Waals surface area contributed by atoms with E-state index < -0.39 is 0 Å².